The van der Waals surface area contributed by atoms with Gasteiger partial charge in [-0.2, -0.15) is 14.9 Å². The van der Waals surface area contributed by atoms with E-state index >= 15 is 0 Å². The van der Waals surface area contributed by atoms with Gasteiger partial charge in [0.2, 0.25) is 11.6 Å². The average molecular weight is 355 g/mol. The van der Waals surface area contributed by atoms with Crippen molar-refractivity contribution >= 4 is 34.4 Å². The van der Waals surface area contributed by atoms with Crippen LogP contribution < -0.4 is 9.47 Å². The number of aromatic nitrogens is 3. The van der Waals surface area contributed by atoms with Gasteiger partial charge in [-0.25, -0.2) is 0 Å². The number of rotatable bonds is 3. The predicted octanol–water partition coefficient (Wildman–Crippen LogP) is 2.88. The Kier molecular flexibility index (Phi) is 3.58. The van der Waals surface area contributed by atoms with Crippen molar-refractivity contribution in [2.75, 3.05) is 6.79 Å². The summed E-state index contributed by atoms with van der Waals surface area (Å²) < 4.78 is 13.6. The first-order valence-electron chi connectivity index (χ1n) is 5.99. The standard InChI is InChI=1S/C12H11BrN4O2S/c1-2-11-15-16-12(20)17(11)14-5-7-3-9-10(4-8(7)13)19-6-18-9/h3-5H,2,6H2,1H3,(H,16,20)/b14-5-. The molecule has 8 heteroatoms. The highest BCUT2D eigenvalue weighted by atomic mass is 79.9. The van der Waals surface area contributed by atoms with Gasteiger partial charge >= 0.3 is 0 Å². The number of nitrogens with zero attached hydrogens (tertiary/aromatic N) is 3. The maximum Gasteiger partial charge on any atom is 0.231 e. The number of benzene rings is 1. The van der Waals surface area contributed by atoms with Crippen LogP contribution in [0.1, 0.15) is 18.3 Å². The molecular weight excluding hydrogens is 344 g/mol. The van der Waals surface area contributed by atoms with Crippen LogP contribution >= 0.6 is 28.1 Å². The molecule has 0 spiro atoms. The first kappa shape index (κ1) is 13.3. The van der Waals surface area contributed by atoms with Crippen LogP contribution in [0.5, 0.6) is 11.5 Å². The van der Waals surface area contributed by atoms with E-state index in [0.29, 0.717) is 10.5 Å². The number of ether oxygens (including phenoxy) is 2. The third kappa shape index (κ3) is 2.36. The number of aryl methyl sites for hydroxylation is 1. The van der Waals surface area contributed by atoms with Gasteiger partial charge in [0.15, 0.2) is 17.3 Å². The zero-order valence-electron chi connectivity index (χ0n) is 10.6. The average Bonchev–Trinajstić information content (AvgIpc) is 3.02. The highest BCUT2D eigenvalue weighted by Gasteiger charge is 2.15. The van der Waals surface area contributed by atoms with Gasteiger partial charge in [-0.1, -0.05) is 6.92 Å². The molecule has 0 atom stereocenters. The molecule has 6 nitrogen and oxygen atoms in total. The van der Waals surface area contributed by atoms with E-state index in [1.54, 1.807) is 10.9 Å². The molecule has 1 aliphatic rings. The van der Waals surface area contributed by atoms with Crippen molar-refractivity contribution in [3.8, 4) is 11.5 Å². The van der Waals surface area contributed by atoms with Crippen molar-refractivity contribution in [2.45, 2.75) is 13.3 Å². The van der Waals surface area contributed by atoms with Crippen LogP contribution in [0.25, 0.3) is 0 Å². The largest absolute Gasteiger partial charge is 0.454 e. The number of halogens is 1. The SMILES string of the molecule is CCc1n[nH]c(=S)n1/N=C\c1cc2c(cc1Br)OCO2. The molecule has 0 fully saturated rings. The quantitative estimate of drug-likeness (QED) is 0.679. The molecular formula is C12H11BrN4O2S. The predicted molar refractivity (Wildman–Crippen MR) is 80.0 cm³/mol. The molecule has 1 aliphatic heterocycles. The van der Waals surface area contributed by atoms with Crippen LogP contribution in [0.4, 0.5) is 0 Å². The zero-order chi connectivity index (χ0) is 14.1. The van der Waals surface area contributed by atoms with Gasteiger partial charge in [0, 0.05) is 16.5 Å². The van der Waals surface area contributed by atoms with E-state index in [1.165, 1.54) is 0 Å². The molecule has 0 amide bonds. The molecule has 0 saturated heterocycles. The lowest BCUT2D eigenvalue weighted by molar-refractivity contribution is 0.174. The topological polar surface area (TPSA) is 64.4 Å². The fraction of sp³-hybridized carbons (Fsp3) is 0.250. The molecule has 20 heavy (non-hydrogen) atoms. The molecule has 2 aromatic rings. The molecule has 1 aromatic heterocycles. The van der Waals surface area contributed by atoms with Gasteiger partial charge < -0.3 is 9.47 Å². The van der Waals surface area contributed by atoms with Crippen molar-refractivity contribution in [3.63, 3.8) is 0 Å². The fourth-order valence-electron chi connectivity index (χ4n) is 1.82. The first-order chi connectivity index (χ1) is 9.69. The van der Waals surface area contributed by atoms with Gasteiger partial charge in [-0.15, -0.1) is 0 Å². The highest BCUT2D eigenvalue weighted by molar-refractivity contribution is 9.10. The minimum absolute atomic E-state index is 0.245. The second kappa shape index (κ2) is 5.37. The van der Waals surface area contributed by atoms with Crippen LogP contribution in [0.2, 0.25) is 0 Å². The van der Waals surface area contributed by atoms with Crippen molar-refractivity contribution < 1.29 is 9.47 Å². The van der Waals surface area contributed by atoms with E-state index in [2.05, 4.69) is 31.2 Å². The first-order valence-corrected chi connectivity index (χ1v) is 7.19. The second-order valence-corrected chi connectivity index (χ2v) is 5.32. The van der Waals surface area contributed by atoms with Crippen molar-refractivity contribution in [1.29, 1.82) is 0 Å². The summed E-state index contributed by atoms with van der Waals surface area (Å²) >= 11 is 8.62. The lowest BCUT2D eigenvalue weighted by Gasteiger charge is -2.02. The van der Waals surface area contributed by atoms with E-state index in [-0.39, 0.29) is 6.79 Å². The fourth-order valence-corrected chi connectivity index (χ4v) is 2.45. The van der Waals surface area contributed by atoms with Gasteiger partial charge in [0.05, 0.1) is 6.21 Å². The summed E-state index contributed by atoms with van der Waals surface area (Å²) in [6.45, 7) is 2.24. The van der Waals surface area contributed by atoms with Crippen LogP contribution in [0.15, 0.2) is 21.7 Å². The smallest absolute Gasteiger partial charge is 0.231 e. The maximum atomic E-state index is 5.35. The Morgan fingerprint density at radius 2 is 2.25 bits per heavy atom. The molecule has 1 N–H and O–H groups in total. The van der Waals surface area contributed by atoms with Crippen LogP contribution in [0.3, 0.4) is 0 Å². The number of aromatic amines is 1. The molecule has 0 bridgehead atoms. The number of hydrogen-bond donors (Lipinski definition) is 1. The summed E-state index contributed by atoms with van der Waals surface area (Å²) in [7, 11) is 0. The van der Waals surface area contributed by atoms with Crippen molar-refractivity contribution in [3.05, 3.63) is 32.8 Å². The number of H-pyrrole nitrogens is 1. The Balaban J connectivity index is 1.97. The summed E-state index contributed by atoms with van der Waals surface area (Å²) in [6, 6.07) is 3.73. The summed E-state index contributed by atoms with van der Waals surface area (Å²) in [5.41, 5.74) is 0.874. The highest BCUT2D eigenvalue weighted by Crippen LogP contribution is 2.36. The second-order valence-electron chi connectivity index (χ2n) is 4.08. The molecule has 0 saturated carbocycles. The summed E-state index contributed by atoms with van der Waals surface area (Å²) in [6.07, 6.45) is 2.45. The van der Waals surface area contributed by atoms with E-state index in [4.69, 9.17) is 21.7 Å². The van der Waals surface area contributed by atoms with Crippen LogP contribution in [0, 0.1) is 4.77 Å². The summed E-state index contributed by atoms with van der Waals surface area (Å²) in [4.78, 5) is 0. The van der Waals surface area contributed by atoms with E-state index in [0.717, 1.165) is 28.0 Å². The zero-order valence-corrected chi connectivity index (χ0v) is 13.0. The van der Waals surface area contributed by atoms with Crippen molar-refractivity contribution in [1.82, 2.24) is 14.9 Å². The van der Waals surface area contributed by atoms with E-state index in [1.807, 2.05) is 19.1 Å². The van der Waals surface area contributed by atoms with Gasteiger partial charge in [0.25, 0.3) is 0 Å². The Labute approximate surface area is 128 Å². The minimum atomic E-state index is 0.245. The molecule has 2 heterocycles. The lowest BCUT2D eigenvalue weighted by atomic mass is 10.2. The van der Waals surface area contributed by atoms with Crippen LogP contribution in [-0.2, 0) is 6.42 Å². The minimum Gasteiger partial charge on any atom is -0.454 e. The molecule has 1 aromatic carbocycles. The molecule has 0 radical (unpaired) electrons. The lowest BCUT2D eigenvalue weighted by Crippen LogP contribution is -1.97. The van der Waals surface area contributed by atoms with E-state index in [9.17, 15) is 0 Å². The third-order valence-electron chi connectivity index (χ3n) is 2.84. The summed E-state index contributed by atoms with van der Waals surface area (Å²) in [5.74, 6) is 2.22. The molecule has 0 unspecified atom stereocenters. The van der Waals surface area contributed by atoms with Gasteiger partial charge in [0.1, 0.15) is 0 Å². The molecule has 0 aliphatic carbocycles. The summed E-state index contributed by atoms with van der Waals surface area (Å²) in [5, 5.41) is 11.2. The Bertz CT molecular complexity index is 738. The number of hydrogen-bond acceptors (Lipinski definition) is 5. The van der Waals surface area contributed by atoms with Gasteiger partial charge in [-0.3, -0.25) is 5.10 Å². The Hall–Kier alpha value is -1.67. The number of nitrogens with one attached hydrogen (secondary N) is 1. The Morgan fingerprint density at radius 3 is 3.00 bits per heavy atom. The third-order valence-corrected chi connectivity index (χ3v) is 3.79. The maximum absolute atomic E-state index is 5.35. The van der Waals surface area contributed by atoms with E-state index < -0.39 is 0 Å². The van der Waals surface area contributed by atoms with Crippen LogP contribution in [-0.4, -0.2) is 27.9 Å². The monoisotopic (exact) mass is 354 g/mol. The van der Waals surface area contributed by atoms with Gasteiger partial charge in [-0.05, 0) is 40.3 Å². The Morgan fingerprint density at radius 1 is 1.50 bits per heavy atom. The van der Waals surface area contributed by atoms with Crippen molar-refractivity contribution in [2.24, 2.45) is 5.10 Å². The normalized spacial score (nSPS) is 13.3. The molecule has 104 valence electrons. The number of fused-ring (bicyclic) bond motifs is 1. The molecule has 3 rings (SSSR count).